The molecule has 0 heterocycles. The predicted molar refractivity (Wildman–Crippen MR) is 117 cm³/mol. The van der Waals surface area contributed by atoms with E-state index >= 15 is 0 Å². The topological polar surface area (TPSA) is 127 Å². The van der Waals surface area contributed by atoms with Gasteiger partial charge in [-0.05, 0) is 30.0 Å². The molecule has 0 fully saturated rings. The Kier molecular flexibility index (Phi) is 14.4. The highest BCUT2D eigenvalue weighted by Gasteiger charge is 2.47. The molecule has 0 aliphatic rings. The number of carbonyl (C=O) groups excluding carboxylic acids is 2. The number of rotatable bonds is 10. The Hall–Kier alpha value is -2.42. The van der Waals surface area contributed by atoms with Gasteiger partial charge in [0.25, 0.3) is 8.32 Å². The number of carboxylic acids is 2. The van der Waals surface area contributed by atoms with E-state index in [0.717, 1.165) is 12.5 Å². The van der Waals surface area contributed by atoms with Gasteiger partial charge < -0.3 is 19.4 Å². The van der Waals surface area contributed by atoms with E-state index in [1.165, 1.54) is 6.08 Å². The second kappa shape index (κ2) is 14.5. The van der Waals surface area contributed by atoms with E-state index in [1.54, 1.807) is 0 Å². The summed E-state index contributed by atoms with van der Waals surface area (Å²) >= 11 is 0. The smallest absolute Gasteiger partial charge is 0.331 e. The number of hydrogen-bond acceptors (Lipinski definition) is 6. The summed E-state index contributed by atoms with van der Waals surface area (Å²) in [5.41, 5.74) is 0.950. The second-order valence-electron chi connectivity index (χ2n) is 7.74. The summed E-state index contributed by atoms with van der Waals surface area (Å²) in [6.07, 6.45) is 4.07. The summed E-state index contributed by atoms with van der Waals surface area (Å²) in [5.74, 6) is -3.46. The second-order valence-corrected chi connectivity index (χ2v) is 13.1. The molecule has 1 atom stereocenters. The summed E-state index contributed by atoms with van der Waals surface area (Å²) in [6.45, 7) is 16.4. The van der Waals surface area contributed by atoms with Crippen molar-refractivity contribution < 1.29 is 38.6 Å². The molecular formula is C21H36O8Si. The minimum atomic E-state index is -2.25. The number of esters is 1. The van der Waals surface area contributed by atoms with Crippen molar-refractivity contribution in [2.75, 3.05) is 0 Å². The van der Waals surface area contributed by atoms with E-state index in [9.17, 15) is 19.2 Å². The number of ether oxygens (including phenoxy) is 1. The van der Waals surface area contributed by atoms with Gasteiger partial charge in [0.15, 0.2) is 0 Å². The van der Waals surface area contributed by atoms with Crippen LogP contribution in [0.15, 0.2) is 24.3 Å². The van der Waals surface area contributed by atoms with Crippen LogP contribution in [0.25, 0.3) is 0 Å². The molecule has 0 aromatic heterocycles. The van der Waals surface area contributed by atoms with Crippen molar-refractivity contribution in [1.82, 2.24) is 0 Å². The number of carbonyl (C=O) groups is 4. The third kappa shape index (κ3) is 11.5. The number of hydrogen-bond donors (Lipinski definition) is 2. The molecule has 0 aromatic carbocycles. The van der Waals surface area contributed by atoms with Crippen LogP contribution in [0.5, 0.6) is 0 Å². The molecule has 0 aliphatic carbocycles. The van der Waals surface area contributed by atoms with Crippen molar-refractivity contribution in [2.45, 2.75) is 84.5 Å². The zero-order valence-corrected chi connectivity index (χ0v) is 20.2. The van der Waals surface area contributed by atoms with Crippen LogP contribution < -0.4 is 0 Å². The maximum atomic E-state index is 12.1. The summed E-state index contributed by atoms with van der Waals surface area (Å²) in [5, 5.41) is 15.6. The molecule has 0 spiro atoms. The van der Waals surface area contributed by atoms with Crippen molar-refractivity contribution in [3.05, 3.63) is 24.3 Å². The number of aliphatic carboxylic acids is 2. The van der Waals surface area contributed by atoms with Crippen LogP contribution in [0.3, 0.4) is 0 Å². The van der Waals surface area contributed by atoms with Gasteiger partial charge >= 0.3 is 23.9 Å². The minimum Gasteiger partial charge on any atom is -0.515 e. The van der Waals surface area contributed by atoms with E-state index in [1.807, 2.05) is 13.8 Å². The van der Waals surface area contributed by atoms with Gasteiger partial charge in [0.1, 0.15) is 0 Å². The molecule has 0 saturated carbocycles. The van der Waals surface area contributed by atoms with Crippen LogP contribution in [0.4, 0.5) is 0 Å². The first-order valence-electron chi connectivity index (χ1n) is 9.96. The predicted octanol–water partition coefficient (Wildman–Crippen LogP) is 4.31. The molecular weight excluding hydrogens is 408 g/mol. The fourth-order valence-electron chi connectivity index (χ4n) is 3.16. The molecule has 0 radical (unpaired) electrons. The molecule has 30 heavy (non-hydrogen) atoms. The van der Waals surface area contributed by atoms with Gasteiger partial charge in [0.05, 0.1) is 6.10 Å². The Labute approximate surface area is 180 Å². The molecule has 0 aliphatic heterocycles. The Morgan fingerprint density at radius 1 is 0.733 bits per heavy atom. The molecule has 0 rings (SSSR count). The summed E-state index contributed by atoms with van der Waals surface area (Å²) < 4.78 is 11.0. The highest BCUT2D eigenvalue weighted by molar-refractivity contribution is 6.79. The lowest BCUT2D eigenvalue weighted by molar-refractivity contribution is -0.142. The Morgan fingerprint density at radius 2 is 1.10 bits per heavy atom. The quantitative estimate of drug-likeness (QED) is 0.290. The normalized spacial score (nSPS) is 12.8. The third-order valence-corrected chi connectivity index (χ3v) is 10.6. The maximum Gasteiger partial charge on any atom is 0.331 e. The molecule has 172 valence electrons. The van der Waals surface area contributed by atoms with E-state index in [-0.39, 0.29) is 6.10 Å². The summed E-state index contributed by atoms with van der Waals surface area (Å²) in [6, 6.07) is 0. The molecule has 8 nitrogen and oxygen atoms in total. The highest BCUT2D eigenvalue weighted by Crippen LogP contribution is 2.42. The van der Waals surface area contributed by atoms with Crippen molar-refractivity contribution in [3.63, 3.8) is 0 Å². The van der Waals surface area contributed by atoms with Gasteiger partial charge in [0, 0.05) is 24.3 Å². The summed E-state index contributed by atoms with van der Waals surface area (Å²) in [4.78, 5) is 42.8. The molecule has 0 amide bonds. The van der Waals surface area contributed by atoms with Crippen LogP contribution in [-0.4, -0.2) is 48.5 Å². The standard InChI is InChI=1S/C17H32O4Si.C4H4O4/c1-9-15(8)20-16(18)10-11-17(19)21-22(12(2)3,13(4)5)14(6)7;5-3(6)1-2-4(7)8/h10-15H,9H2,1-8H3;1-2H,(H,5,6)(H,7,8)/b11-10-;2-1-. The number of carboxylic acid groups (broad SMARTS) is 2. The first-order valence-corrected chi connectivity index (χ1v) is 12.1. The monoisotopic (exact) mass is 444 g/mol. The zero-order valence-electron chi connectivity index (χ0n) is 19.2. The SMILES string of the molecule is CCC(C)OC(=O)/C=C\C(=O)O[Si](C(C)C)(C(C)C)C(C)C.O=C(O)/C=C\C(=O)O. The first kappa shape index (κ1) is 29.8. The van der Waals surface area contributed by atoms with Gasteiger partial charge in [-0.1, -0.05) is 48.5 Å². The lowest BCUT2D eigenvalue weighted by atomic mass is 10.3. The average molecular weight is 445 g/mol. The van der Waals surface area contributed by atoms with Gasteiger partial charge in [0.2, 0.25) is 0 Å². The minimum absolute atomic E-state index is 0.149. The maximum absolute atomic E-state index is 12.1. The fourth-order valence-corrected chi connectivity index (χ4v) is 8.28. The van der Waals surface area contributed by atoms with Crippen LogP contribution in [0, 0.1) is 0 Å². The van der Waals surface area contributed by atoms with E-state index in [0.29, 0.717) is 28.8 Å². The Morgan fingerprint density at radius 3 is 1.40 bits per heavy atom. The summed E-state index contributed by atoms with van der Waals surface area (Å²) in [7, 11) is -2.25. The molecule has 1 unspecified atom stereocenters. The molecule has 0 aromatic rings. The van der Waals surface area contributed by atoms with Crippen molar-refractivity contribution in [1.29, 1.82) is 0 Å². The van der Waals surface area contributed by atoms with Crippen LogP contribution in [0.2, 0.25) is 16.6 Å². The van der Waals surface area contributed by atoms with E-state index < -0.39 is 32.2 Å². The van der Waals surface area contributed by atoms with Gasteiger partial charge in [-0.3, -0.25) is 0 Å². The van der Waals surface area contributed by atoms with Gasteiger partial charge in [-0.2, -0.15) is 0 Å². The zero-order chi connectivity index (χ0) is 24.1. The van der Waals surface area contributed by atoms with Crippen LogP contribution in [-0.2, 0) is 28.3 Å². The van der Waals surface area contributed by atoms with Gasteiger partial charge in [-0.25, -0.2) is 19.2 Å². The van der Waals surface area contributed by atoms with E-state index in [4.69, 9.17) is 19.4 Å². The molecule has 0 bridgehead atoms. The fraction of sp³-hybridized carbons (Fsp3) is 0.619. The van der Waals surface area contributed by atoms with E-state index in [2.05, 4.69) is 41.5 Å². The molecule has 2 N–H and O–H groups in total. The first-order chi connectivity index (χ1) is 13.7. The van der Waals surface area contributed by atoms with Gasteiger partial charge in [-0.15, -0.1) is 0 Å². The third-order valence-electron chi connectivity index (χ3n) is 4.60. The van der Waals surface area contributed by atoms with Crippen molar-refractivity contribution >= 4 is 32.2 Å². The lowest BCUT2D eigenvalue weighted by Crippen LogP contribution is -2.49. The average Bonchev–Trinajstić information content (AvgIpc) is 2.62. The lowest BCUT2D eigenvalue weighted by Gasteiger charge is -2.40. The largest absolute Gasteiger partial charge is 0.515 e. The Balaban J connectivity index is 0. The van der Waals surface area contributed by atoms with Crippen LogP contribution in [0.1, 0.15) is 61.8 Å². The van der Waals surface area contributed by atoms with Crippen molar-refractivity contribution in [2.24, 2.45) is 0 Å². The molecule has 9 heteroatoms. The Bertz CT molecular complexity index is 597. The van der Waals surface area contributed by atoms with Crippen LogP contribution >= 0.6 is 0 Å². The highest BCUT2D eigenvalue weighted by atomic mass is 28.4. The van der Waals surface area contributed by atoms with Crippen molar-refractivity contribution in [3.8, 4) is 0 Å². The molecule has 0 saturated heterocycles.